The van der Waals surface area contributed by atoms with E-state index in [2.05, 4.69) is 5.32 Å². The van der Waals surface area contributed by atoms with Crippen LogP contribution in [0.2, 0.25) is 5.02 Å². The lowest BCUT2D eigenvalue weighted by atomic mass is 10.2. The van der Waals surface area contributed by atoms with E-state index in [1.807, 2.05) is 13.2 Å². The molecule has 0 heterocycles. The molecule has 0 unspecified atom stereocenters. The molecule has 6 heteroatoms. The second-order valence-electron chi connectivity index (χ2n) is 3.95. The van der Waals surface area contributed by atoms with Gasteiger partial charge < -0.3 is 15.8 Å². The van der Waals surface area contributed by atoms with Crippen molar-refractivity contribution < 1.29 is 9.53 Å². The Morgan fingerprint density at radius 3 is 2.95 bits per heavy atom. The van der Waals surface area contributed by atoms with Gasteiger partial charge in [-0.15, -0.1) is 0 Å². The van der Waals surface area contributed by atoms with Crippen LogP contribution in [0.3, 0.4) is 0 Å². The molecular weight excluding hydrogens is 284 g/mol. The van der Waals surface area contributed by atoms with Gasteiger partial charge in [0.2, 0.25) is 5.91 Å². The number of hydrogen-bond donors (Lipinski definition) is 2. The van der Waals surface area contributed by atoms with Gasteiger partial charge in [0, 0.05) is 5.02 Å². The highest BCUT2D eigenvalue weighted by Gasteiger charge is 2.15. The normalized spacial score (nSPS) is 12.0. The van der Waals surface area contributed by atoms with Gasteiger partial charge in [-0.3, -0.25) is 4.79 Å². The van der Waals surface area contributed by atoms with Crippen LogP contribution >= 0.6 is 23.4 Å². The average molecular weight is 303 g/mol. The van der Waals surface area contributed by atoms with Crippen molar-refractivity contribution in [2.24, 2.45) is 5.73 Å². The number of carbonyl (C=O) groups excluding carboxylic acids is 1. The molecule has 1 atom stereocenters. The minimum atomic E-state index is -0.527. The summed E-state index contributed by atoms with van der Waals surface area (Å²) in [5, 5.41) is 3.30. The van der Waals surface area contributed by atoms with Crippen LogP contribution in [0, 0.1) is 0 Å². The number of anilines is 1. The molecule has 3 N–H and O–H groups in total. The van der Waals surface area contributed by atoms with E-state index in [4.69, 9.17) is 22.1 Å². The molecule has 1 aromatic rings. The van der Waals surface area contributed by atoms with Gasteiger partial charge in [-0.25, -0.2) is 0 Å². The van der Waals surface area contributed by atoms with E-state index in [0.717, 1.165) is 5.75 Å². The molecule has 1 rings (SSSR count). The first-order valence-corrected chi connectivity index (χ1v) is 7.83. The van der Waals surface area contributed by atoms with E-state index < -0.39 is 6.04 Å². The molecular formula is C13H19ClN2O2S. The maximum atomic E-state index is 11.9. The number of rotatable bonds is 7. The highest BCUT2D eigenvalue weighted by Crippen LogP contribution is 2.28. The zero-order chi connectivity index (χ0) is 14.3. The molecule has 0 saturated carbocycles. The van der Waals surface area contributed by atoms with Gasteiger partial charge in [0.25, 0.3) is 0 Å². The number of ether oxygens (including phenoxy) is 1. The molecule has 0 aromatic heterocycles. The Labute approximate surface area is 123 Å². The van der Waals surface area contributed by atoms with E-state index in [-0.39, 0.29) is 5.91 Å². The third kappa shape index (κ3) is 5.30. The fourth-order valence-electron chi connectivity index (χ4n) is 1.48. The van der Waals surface area contributed by atoms with Crippen LogP contribution in [0.25, 0.3) is 0 Å². The largest absolute Gasteiger partial charge is 0.492 e. The molecule has 0 bridgehead atoms. The van der Waals surface area contributed by atoms with Crippen LogP contribution in [0.1, 0.15) is 13.3 Å². The van der Waals surface area contributed by atoms with E-state index in [1.54, 1.807) is 30.0 Å². The Bertz CT molecular complexity index is 429. The summed E-state index contributed by atoms with van der Waals surface area (Å²) in [6.45, 7) is 2.40. The molecule has 4 nitrogen and oxygen atoms in total. The van der Waals surface area contributed by atoms with Gasteiger partial charge in [-0.05, 0) is 43.6 Å². The van der Waals surface area contributed by atoms with Gasteiger partial charge in [0.1, 0.15) is 5.75 Å². The molecule has 19 heavy (non-hydrogen) atoms. The predicted molar refractivity (Wildman–Crippen MR) is 82.2 cm³/mol. The molecule has 1 amide bonds. The van der Waals surface area contributed by atoms with Crippen molar-refractivity contribution in [3.63, 3.8) is 0 Å². The molecule has 0 fully saturated rings. The van der Waals surface area contributed by atoms with Crippen molar-refractivity contribution in [1.82, 2.24) is 0 Å². The fraction of sp³-hybridized carbons (Fsp3) is 0.462. The lowest BCUT2D eigenvalue weighted by Gasteiger charge is -2.15. The van der Waals surface area contributed by atoms with Crippen molar-refractivity contribution in [2.75, 3.05) is 23.9 Å². The lowest BCUT2D eigenvalue weighted by molar-refractivity contribution is -0.117. The number of benzene rings is 1. The van der Waals surface area contributed by atoms with Crippen LogP contribution in [-0.2, 0) is 4.79 Å². The zero-order valence-corrected chi connectivity index (χ0v) is 12.7. The Morgan fingerprint density at radius 1 is 1.58 bits per heavy atom. The van der Waals surface area contributed by atoms with Crippen LogP contribution in [-0.4, -0.2) is 30.6 Å². The summed E-state index contributed by atoms with van der Waals surface area (Å²) in [6, 6.07) is 4.58. The Hall–Kier alpha value is -0.910. The SMILES string of the molecule is CCOc1ccc(Cl)cc1NC(=O)[C@@H](N)CCSC. The summed E-state index contributed by atoms with van der Waals surface area (Å²) in [5.41, 5.74) is 6.37. The number of nitrogens with two attached hydrogens (primary N) is 1. The third-order valence-corrected chi connectivity index (χ3v) is 3.35. The highest BCUT2D eigenvalue weighted by molar-refractivity contribution is 7.98. The van der Waals surface area contributed by atoms with Crippen LogP contribution in [0.5, 0.6) is 5.75 Å². The third-order valence-electron chi connectivity index (χ3n) is 2.47. The summed E-state index contributed by atoms with van der Waals surface area (Å²) < 4.78 is 5.44. The number of halogens is 1. The molecule has 0 aliphatic heterocycles. The monoisotopic (exact) mass is 302 g/mol. The van der Waals surface area contributed by atoms with Gasteiger partial charge in [0.05, 0.1) is 18.3 Å². The number of hydrogen-bond acceptors (Lipinski definition) is 4. The molecule has 106 valence electrons. The summed E-state index contributed by atoms with van der Waals surface area (Å²) in [4.78, 5) is 11.9. The highest BCUT2D eigenvalue weighted by atomic mass is 35.5. The molecule has 1 aromatic carbocycles. The second kappa shape index (κ2) is 8.30. The summed E-state index contributed by atoms with van der Waals surface area (Å²) in [6.07, 6.45) is 2.62. The van der Waals surface area contributed by atoms with Crippen LogP contribution < -0.4 is 15.8 Å². The minimum Gasteiger partial charge on any atom is -0.492 e. The van der Waals surface area contributed by atoms with Gasteiger partial charge in [0.15, 0.2) is 0 Å². The Balaban J connectivity index is 2.74. The topological polar surface area (TPSA) is 64.3 Å². The smallest absolute Gasteiger partial charge is 0.241 e. The van der Waals surface area contributed by atoms with E-state index in [0.29, 0.717) is 29.5 Å². The summed E-state index contributed by atoms with van der Waals surface area (Å²) in [7, 11) is 0. The van der Waals surface area contributed by atoms with Gasteiger partial charge in [-0.2, -0.15) is 11.8 Å². The lowest BCUT2D eigenvalue weighted by Crippen LogP contribution is -2.36. The predicted octanol–water partition coefficient (Wildman–Crippen LogP) is 2.76. The Kier molecular flexibility index (Phi) is 7.05. The number of carbonyl (C=O) groups is 1. The number of thioether (sulfide) groups is 1. The summed E-state index contributed by atoms with van der Waals surface area (Å²) in [5.74, 6) is 1.22. The molecule has 0 saturated heterocycles. The van der Waals surface area contributed by atoms with Crippen molar-refractivity contribution in [3.05, 3.63) is 23.2 Å². The average Bonchev–Trinajstić information content (AvgIpc) is 2.39. The van der Waals surface area contributed by atoms with E-state index in [9.17, 15) is 4.79 Å². The van der Waals surface area contributed by atoms with Crippen LogP contribution in [0.4, 0.5) is 5.69 Å². The van der Waals surface area contributed by atoms with Crippen molar-refractivity contribution in [3.8, 4) is 5.75 Å². The maximum Gasteiger partial charge on any atom is 0.241 e. The Morgan fingerprint density at radius 2 is 2.32 bits per heavy atom. The zero-order valence-electron chi connectivity index (χ0n) is 11.1. The first-order chi connectivity index (χ1) is 9.08. The molecule has 0 radical (unpaired) electrons. The van der Waals surface area contributed by atoms with Gasteiger partial charge in [-0.1, -0.05) is 11.6 Å². The molecule has 0 spiro atoms. The minimum absolute atomic E-state index is 0.225. The maximum absolute atomic E-state index is 11.9. The molecule has 0 aliphatic carbocycles. The second-order valence-corrected chi connectivity index (χ2v) is 5.37. The number of nitrogens with one attached hydrogen (secondary N) is 1. The van der Waals surface area contributed by atoms with E-state index >= 15 is 0 Å². The number of amides is 1. The standard InChI is InChI=1S/C13H19ClN2O2S/c1-3-18-12-5-4-9(14)8-11(12)16-13(17)10(15)6-7-19-2/h4-5,8,10H,3,6-7,15H2,1-2H3,(H,16,17)/t10-/m0/s1. The van der Waals surface area contributed by atoms with Crippen molar-refractivity contribution >= 4 is 35.0 Å². The fourth-order valence-corrected chi connectivity index (χ4v) is 2.14. The first-order valence-electron chi connectivity index (χ1n) is 6.06. The van der Waals surface area contributed by atoms with E-state index in [1.165, 1.54) is 0 Å². The van der Waals surface area contributed by atoms with Crippen LogP contribution in [0.15, 0.2) is 18.2 Å². The quantitative estimate of drug-likeness (QED) is 0.813. The summed E-state index contributed by atoms with van der Waals surface area (Å²) >= 11 is 7.58. The van der Waals surface area contributed by atoms with Crippen molar-refractivity contribution in [1.29, 1.82) is 0 Å². The first kappa shape index (κ1) is 16.1. The van der Waals surface area contributed by atoms with Gasteiger partial charge >= 0.3 is 0 Å². The molecule has 0 aliphatic rings. The van der Waals surface area contributed by atoms with Crippen molar-refractivity contribution in [2.45, 2.75) is 19.4 Å².